The zero-order valence-corrected chi connectivity index (χ0v) is 12.9. The molecular weight excluding hydrogens is 304 g/mol. The van der Waals surface area contributed by atoms with Crippen LogP contribution >= 0.6 is 11.3 Å². The summed E-state index contributed by atoms with van der Waals surface area (Å²) in [7, 11) is 0. The number of hydrogen-bond donors (Lipinski definition) is 1. The Kier molecular flexibility index (Phi) is 4.51. The highest BCUT2D eigenvalue weighted by Crippen LogP contribution is 2.34. The molecule has 0 radical (unpaired) electrons. The van der Waals surface area contributed by atoms with E-state index in [1.807, 2.05) is 0 Å². The minimum absolute atomic E-state index is 0.0511. The molecule has 118 valence electrons. The zero-order valence-electron chi connectivity index (χ0n) is 12.0. The number of likely N-dealkylation sites (tertiary alicyclic amines) is 1. The average Bonchev–Trinajstić information content (AvgIpc) is 3.18. The molecule has 3 rings (SSSR count). The van der Waals surface area contributed by atoms with Crippen molar-refractivity contribution in [2.45, 2.75) is 31.5 Å². The van der Waals surface area contributed by atoms with Crippen LogP contribution < -0.4 is 0 Å². The molecule has 0 saturated carbocycles. The van der Waals surface area contributed by atoms with Gasteiger partial charge in [-0.25, -0.2) is 0 Å². The Labute approximate surface area is 131 Å². The maximum Gasteiger partial charge on any atom is 0.306 e. The van der Waals surface area contributed by atoms with Gasteiger partial charge in [0.1, 0.15) is 12.4 Å². The number of nitro groups is 1. The molecule has 1 aliphatic rings. The van der Waals surface area contributed by atoms with E-state index in [0.717, 1.165) is 19.4 Å². The number of nitrogens with zero attached hydrogens (tertiary/aromatic N) is 4. The van der Waals surface area contributed by atoms with Crippen molar-refractivity contribution < 1.29 is 10.0 Å². The first-order chi connectivity index (χ1) is 10.6. The van der Waals surface area contributed by atoms with Crippen molar-refractivity contribution in [2.24, 2.45) is 0 Å². The second-order valence-corrected chi connectivity index (χ2v) is 6.48. The van der Waals surface area contributed by atoms with Gasteiger partial charge in [0.15, 0.2) is 0 Å². The van der Waals surface area contributed by atoms with Crippen molar-refractivity contribution in [2.75, 3.05) is 13.1 Å². The highest BCUT2D eigenvalue weighted by molar-refractivity contribution is 7.10. The van der Waals surface area contributed by atoms with Crippen LogP contribution in [-0.2, 0) is 6.54 Å². The van der Waals surface area contributed by atoms with E-state index in [9.17, 15) is 15.2 Å². The Bertz CT molecular complexity index is 628. The minimum atomic E-state index is -0.597. The molecule has 0 amide bonds. The van der Waals surface area contributed by atoms with Crippen LogP contribution in [0.15, 0.2) is 29.9 Å². The van der Waals surface area contributed by atoms with Crippen LogP contribution in [0.25, 0.3) is 0 Å². The third-order valence-corrected chi connectivity index (χ3v) is 4.88. The van der Waals surface area contributed by atoms with Crippen LogP contribution in [-0.4, -0.2) is 43.9 Å². The number of aliphatic hydroxyl groups is 1. The second-order valence-electron chi connectivity index (χ2n) is 5.50. The lowest BCUT2D eigenvalue weighted by atomic mass is 10.2. The van der Waals surface area contributed by atoms with Gasteiger partial charge in [-0.3, -0.25) is 19.7 Å². The first kappa shape index (κ1) is 15.1. The molecule has 22 heavy (non-hydrogen) atoms. The summed E-state index contributed by atoms with van der Waals surface area (Å²) in [6.45, 7) is 1.79. The van der Waals surface area contributed by atoms with Gasteiger partial charge >= 0.3 is 5.69 Å². The van der Waals surface area contributed by atoms with Crippen molar-refractivity contribution in [3.63, 3.8) is 0 Å². The molecule has 2 aromatic heterocycles. The first-order valence-corrected chi connectivity index (χ1v) is 8.14. The molecule has 0 aromatic carbocycles. The van der Waals surface area contributed by atoms with Crippen molar-refractivity contribution in [3.8, 4) is 0 Å². The lowest BCUT2D eigenvalue weighted by molar-refractivity contribution is -0.385. The normalized spacial score (nSPS) is 20.3. The molecule has 0 spiro atoms. The molecule has 2 aromatic rings. The topological polar surface area (TPSA) is 84.4 Å². The molecule has 0 aliphatic carbocycles. The van der Waals surface area contributed by atoms with Gasteiger partial charge in [-0.2, -0.15) is 5.10 Å². The second kappa shape index (κ2) is 6.55. The van der Waals surface area contributed by atoms with Gasteiger partial charge in [-0.1, -0.05) is 6.07 Å². The van der Waals surface area contributed by atoms with E-state index in [-0.39, 0.29) is 12.2 Å². The fourth-order valence-corrected chi connectivity index (χ4v) is 3.83. The van der Waals surface area contributed by atoms with E-state index in [4.69, 9.17) is 0 Å². The predicted octanol–water partition coefficient (Wildman–Crippen LogP) is 2.05. The molecule has 0 bridgehead atoms. The quantitative estimate of drug-likeness (QED) is 0.650. The minimum Gasteiger partial charge on any atom is -0.390 e. The van der Waals surface area contributed by atoms with Gasteiger partial charge in [-0.05, 0) is 30.8 Å². The number of aliphatic hydroxyl groups excluding tert-OH is 1. The van der Waals surface area contributed by atoms with Crippen molar-refractivity contribution in [1.82, 2.24) is 14.7 Å². The summed E-state index contributed by atoms with van der Waals surface area (Å²) in [5.41, 5.74) is -0.0511. The maximum atomic E-state index is 10.6. The van der Waals surface area contributed by atoms with Crippen LogP contribution in [0, 0.1) is 10.1 Å². The third-order valence-electron chi connectivity index (χ3n) is 3.91. The molecule has 2 atom stereocenters. The van der Waals surface area contributed by atoms with Crippen LogP contribution in [0.1, 0.15) is 23.8 Å². The molecule has 3 heterocycles. The van der Waals surface area contributed by atoms with E-state index < -0.39 is 11.0 Å². The first-order valence-electron chi connectivity index (χ1n) is 7.26. The lowest BCUT2D eigenvalue weighted by Crippen LogP contribution is -2.34. The fraction of sp³-hybridized carbons (Fsp3) is 0.500. The van der Waals surface area contributed by atoms with Crippen LogP contribution in [0.2, 0.25) is 0 Å². The maximum absolute atomic E-state index is 10.6. The SMILES string of the molecule is O=[N+]([O-])c1cnn(C[C@@H](O)CN2CCC[C@@H]2c2cccs2)c1. The number of rotatable bonds is 6. The number of thiophene rings is 1. The third kappa shape index (κ3) is 3.34. The Morgan fingerprint density at radius 1 is 1.55 bits per heavy atom. The Hall–Kier alpha value is -1.77. The van der Waals surface area contributed by atoms with E-state index in [1.54, 1.807) is 11.3 Å². The van der Waals surface area contributed by atoms with Crippen molar-refractivity contribution >= 4 is 17.0 Å². The number of hydrogen-bond acceptors (Lipinski definition) is 6. The molecule has 1 aliphatic heterocycles. The Morgan fingerprint density at radius 3 is 3.09 bits per heavy atom. The number of β-amino-alcohol motifs (C(OH)–C–C–N with tert-alkyl or cyclic N) is 1. The fourth-order valence-electron chi connectivity index (χ4n) is 2.94. The summed E-state index contributed by atoms with van der Waals surface area (Å²) in [5.74, 6) is 0. The summed E-state index contributed by atoms with van der Waals surface area (Å²) in [6.07, 6.45) is 4.20. The summed E-state index contributed by atoms with van der Waals surface area (Å²) in [4.78, 5) is 13.8. The summed E-state index contributed by atoms with van der Waals surface area (Å²) >= 11 is 1.75. The highest BCUT2D eigenvalue weighted by Gasteiger charge is 2.28. The van der Waals surface area contributed by atoms with Crippen LogP contribution in [0.3, 0.4) is 0 Å². The molecule has 1 saturated heterocycles. The van der Waals surface area contributed by atoms with Gasteiger partial charge in [0, 0.05) is 17.5 Å². The molecule has 8 heteroatoms. The van der Waals surface area contributed by atoms with Crippen LogP contribution in [0.5, 0.6) is 0 Å². The Balaban J connectivity index is 1.58. The Morgan fingerprint density at radius 2 is 2.41 bits per heavy atom. The van der Waals surface area contributed by atoms with Gasteiger partial charge in [0.05, 0.1) is 17.6 Å². The summed E-state index contributed by atoms with van der Waals surface area (Å²) in [6, 6.07) is 4.56. The van der Waals surface area contributed by atoms with E-state index in [2.05, 4.69) is 27.5 Å². The standard InChI is InChI=1S/C14H18N4O3S/c19-12(10-17-8-11(7-15-17)18(20)21)9-16-5-1-3-13(16)14-4-2-6-22-14/h2,4,6-8,12-13,19H,1,3,5,9-10H2/t12-,13+/m0/s1. The van der Waals surface area contributed by atoms with Gasteiger partial charge in [-0.15, -0.1) is 11.3 Å². The lowest BCUT2D eigenvalue weighted by Gasteiger charge is -2.26. The zero-order chi connectivity index (χ0) is 15.5. The summed E-state index contributed by atoms with van der Waals surface area (Å²) in [5, 5.41) is 26.9. The van der Waals surface area contributed by atoms with Gasteiger partial charge in [0.2, 0.25) is 0 Å². The molecule has 1 N–H and O–H groups in total. The van der Waals surface area contributed by atoms with E-state index in [0.29, 0.717) is 12.6 Å². The highest BCUT2D eigenvalue weighted by atomic mass is 32.1. The van der Waals surface area contributed by atoms with Crippen molar-refractivity contribution in [1.29, 1.82) is 0 Å². The molecular formula is C14H18N4O3S. The summed E-state index contributed by atoms with van der Waals surface area (Å²) < 4.78 is 1.43. The largest absolute Gasteiger partial charge is 0.390 e. The monoisotopic (exact) mass is 322 g/mol. The predicted molar refractivity (Wildman–Crippen MR) is 82.8 cm³/mol. The smallest absolute Gasteiger partial charge is 0.306 e. The van der Waals surface area contributed by atoms with Gasteiger partial charge < -0.3 is 5.11 Å². The van der Waals surface area contributed by atoms with Gasteiger partial charge in [0.25, 0.3) is 0 Å². The van der Waals surface area contributed by atoms with Crippen molar-refractivity contribution in [3.05, 3.63) is 44.9 Å². The molecule has 7 nitrogen and oxygen atoms in total. The van der Waals surface area contributed by atoms with Crippen LogP contribution in [0.4, 0.5) is 5.69 Å². The molecule has 0 unspecified atom stereocenters. The average molecular weight is 322 g/mol. The van der Waals surface area contributed by atoms with E-state index >= 15 is 0 Å². The molecule has 1 fully saturated rings. The van der Waals surface area contributed by atoms with E-state index in [1.165, 1.54) is 22.0 Å². The number of aromatic nitrogens is 2.